The van der Waals surface area contributed by atoms with Gasteiger partial charge in [0.25, 0.3) is 0 Å². The van der Waals surface area contributed by atoms with Crippen molar-refractivity contribution in [3.63, 3.8) is 0 Å². The zero-order valence-corrected chi connectivity index (χ0v) is 5.26. The van der Waals surface area contributed by atoms with Crippen LogP contribution < -0.4 is 0 Å². The molecule has 1 N–H and O–H groups in total. The van der Waals surface area contributed by atoms with Crippen molar-refractivity contribution < 1.29 is 10.2 Å². The fraction of sp³-hybridized carbons (Fsp3) is 1.00. The highest BCUT2D eigenvalue weighted by molar-refractivity contribution is 4.50. The second kappa shape index (κ2) is 5.06. The first kappa shape index (κ1) is 7.92. The number of hydrogen-bond acceptors (Lipinski definition) is 1. The van der Waals surface area contributed by atoms with E-state index < -0.39 is 6.10 Å². The van der Waals surface area contributed by atoms with Gasteiger partial charge in [0.15, 0.2) is 0 Å². The molecule has 0 amide bonds. The minimum atomic E-state index is -0.537. The molecule has 1 unspecified atom stereocenters. The summed E-state index contributed by atoms with van der Waals surface area (Å²) in [7, 11) is 0. The lowest BCUT2D eigenvalue weighted by atomic mass is 10.2. The van der Waals surface area contributed by atoms with Crippen molar-refractivity contribution in [2.75, 3.05) is 6.61 Å². The maximum absolute atomic E-state index is 10.6. The molecule has 0 fully saturated rings. The molecule has 2 heteroatoms. The molecule has 0 saturated carbocycles. The lowest BCUT2D eigenvalue weighted by molar-refractivity contribution is 0.0570. The van der Waals surface area contributed by atoms with Crippen LogP contribution in [-0.2, 0) is 5.11 Å². The van der Waals surface area contributed by atoms with Crippen LogP contribution in [0.25, 0.3) is 0 Å². The summed E-state index contributed by atoms with van der Waals surface area (Å²) in [5.74, 6) is 0. The van der Waals surface area contributed by atoms with Crippen molar-refractivity contribution in [3.05, 3.63) is 0 Å². The lowest BCUT2D eigenvalue weighted by Gasteiger charge is -2.01. The Morgan fingerprint density at radius 1 is 1.50 bits per heavy atom. The van der Waals surface area contributed by atoms with E-state index in [1.165, 1.54) is 0 Å². The van der Waals surface area contributed by atoms with Gasteiger partial charge in [-0.25, -0.2) is 5.11 Å². The van der Waals surface area contributed by atoms with Crippen molar-refractivity contribution in [2.24, 2.45) is 0 Å². The van der Waals surface area contributed by atoms with Crippen LogP contribution >= 0.6 is 0 Å². The molecule has 0 rings (SSSR count). The molecule has 0 spiro atoms. The molecule has 0 bridgehead atoms. The number of rotatable bonds is 4. The molecule has 0 aromatic heterocycles. The molecular formula is C6H13O2. The van der Waals surface area contributed by atoms with Gasteiger partial charge in [0.05, 0.1) is 6.10 Å². The zero-order chi connectivity index (χ0) is 6.41. The summed E-state index contributed by atoms with van der Waals surface area (Å²) >= 11 is 0. The molecule has 0 aliphatic carbocycles. The fourth-order valence-corrected chi connectivity index (χ4v) is 0.610. The van der Waals surface area contributed by atoms with Crippen LogP contribution in [0.3, 0.4) is 0 Å². The van der Waals surface area contributed by atoms with E-state index in [-0.39, 0.29) is 6.61 Å². The minimum absolute atomic E-state index is 0.0359. The highest BCUT2D eigenvalue weighted by Gasteiger charge is 2.01. The van der Waals surface area contributed by atoms with Gasteiger partial charge in [0.1, 0.15) is 0 Å². The van der Waals surface area contributed by atoms with E-state index in [1.807, 2.05) is 6.92 Å². The number of aliphatic hydroxyl groups excluding tert-OH is 1. The van der Waals surface area contributed by atoms with E-state index in [1.54, 1.807) is 0 Å². The summed E-state index contributed by atoms with van der Waals surface area (Å²) in [6.07, 6.45) is 1.49. The number of hydrogen-bond donors (Lipinski definition) is 1. The van der Waals surface area contributed by atoms with Crippen molar-refractivity contribution in [2.45, 2.75) is 32.3 Å². The first-order valence-electron chi connectivity index (χ1n) is 3.08. The average molecular weight is 117 g/mol. The summed E-state index contributed by atoms with van der Waals surface area (Å²) in [6, 6.07) is 0. The Labute approximate surface area is 50.2 Å². The van der Waals surface area contributed by atoms with Gasteiger partial charge in [-0.05, 0) is 12.8 Å². The zero-order valence-electron chi connectivity index (χ0n) is 5.26. The van der Waals surface area contributed by atoms with E-state index in [9.17, 15) is 5.11 Å². The molecule has 0 heterocycles. The third-order valence-electron chi connectivity index (χ3n) is 1.06. The van der Waals surface area contributed by atoms with Gasteiger partial charge in [-0.1, -0.05) is 13.3 Å². The first-order valence-corrected chi connectivity index (χ1v) is 3.08. The molecule has 8 heavy (non-hydrogen) atoms. The molecular weight excluding hydrogens is 104 g/mol. The Morgan fingerprint density at radius 3 is 2.50 bits per heavy atom. The maximum Gasteiger partial charge on any atom is 0.0951 e. The maximum atomic E-state index is 10.6. The van der Waals surface area contributed by atoms with Crippen LogP contribution in [0.1, 0.15) is 26.2 Å². The highest BCUT2D eigenvalue weighted by Crippen LogP contribution is 1.99. The molecule has 1 atom stereocenters. The SMILES string of the molecule is CCCC([O])CCO. The smallest absolute Gasteiger partial charge is 0.0951 e. The number of aliphatic hydroxyl groups is 1. The average Bonchev–Trinajstić information content (AvgIpc) is 1.68. The molecule has 1 radical (unpaired) electrons. The van der Waals surface area contributed by atoms with Crippen molar-refractivity contribution in [1.82, 2.24) is 0 Å². The summed E-state index contributed by atoms with van der Waals surface area (Å²) in [5, 5.41) is 18.8. The van der Waals surface area contributed by atoms with E-state index in [0.29, 0.717) is 12.8 Å². The quantitative estimate of drug-likeness (QED) is 0.585. The predicted molar refractivity (Wildman–Crippen MR) is 31.1 cm³/mol. The highest BCUT2D eigenvalue weighted by atomic mass is 16.3. The van der Waals surface area contributed by atoms with Gasteiger partial charge in [0, 0.05) is 6.61 Å². The summed E-state index contributed by atoms with van der Waals surface area (Å²) < 4.78 is 0. The molecule has 2 nitrogen and oxygen atoms in total. The fourth-order valence-electron chi connectivity index (χ4n) is 0.610. The minimum Gasteiger partial charge on any atom is -0.396 e. The molecule has 0 aliphatic rings. The molecule has 0 aliphatic heterocycles. The Bertz CT molecular complexity index is 39.8. The summed E-state index contributed by atoms with van der Waals surface area (Å²) in [6.45, 7) is 2.01. The van der Waals surface area contributed by atoms with Crippen LogP contribution in [-0.4, -0.2) is 17.8 Å². The van der Waals surface area contributed by atoms with E-state index in [4.69, 9.17) is 5.11 Å². The van der Waals surface area contributed by atoms with E-state index in [2.05, 4.69) is 0 Å². The van der Waals surface area contributed by atoms with Crippen molar-refractivity contribution in [3.8, 4) is 0 Å². The van der Waals surface area contributed by atoms with Gasteiger partial charge < -0.3 is 5.11 Å². The van der Waals surface area contributed by atoms with Crippen LogP contribution in [0, 0.1) is 0 Å². The van der Waals surface area contributed by atoms with Gasteiger partial charge in [-0.3, -0.25) is 0 Å². The van der Waals surface area contributed by atoms with Gasteiger partial charge in [-0.2, -0.15) is 0 Å². The second-order valence-corrected chi connectivity index (χ2v) is 1.92. The van der Waals surface area contributed by atoms with Crippen LogP contribution in [0.2, 0.25) is 0 Å². The van der Waals surface area contributed by atoms with Crippen LogP contribution in [0.4, 0.5) is 0 Å². The molecule has 0 aromatic carbocycles. The Balaban J connectivity index is 2.92. The summed E-state index contributed by atoms with van der Waals surface area (Å²) in [5.41, 5.74) is 0. The second-order valence-electron chi connectivity index (χ2n) is 1.92. The third-order valence-corrected chi connectivity index (χ3v) is 1.06. The van der Waals surface area contributed by atoms with Crippen molar-refractivity contribution >= 4 is 0 Å². The van der Waals surface area contributed by atoms with Gasteiger partial charge in [0.2, 0.25) is 0 Å². The van der Waals surface area contributed by atoms with E-state index in [0.717, 1.165) is 6.42 Å². The van der Waals surface area contributed by atoms with Crippen LogP contribution in [0.5, 0.6) is 0 Å². The van der Waals surface area contributed by atoms with Gasteiger partial charge >= 0.3 is 0 Å². The molecule has 49 valence electrons. The predicted octanol–water partition coefficient (Wildman–Crippen LogP) is 0.968. The van der Waals surface area contributed by atoms with Crippen LogP contribution in [0.15, 0.2) is 0 Å². The normalized spacial score (nSPS) is 13.9. The Morgan fingerprint density at radius 2 is 2.12 bits per heavy atom. The van der Waals surface area contributed by atoms with Gasteiger partial charge in [-0.15, -0.1) is 0 Å². The van der Waals surface area contributed by atoms with E-state index >= 15 is 0 Å². The summed E-state index contributed by atoms with van der Waals surface area (Å²) in [4.78, 5) is 0. The van der Waals surface area contributed by atoms with Crippen molar-refractivity contribution in [1.29, 1.82) is 0 Å². The topological polar surface area (TPSA) is 40.1 Å². The molecule has 0 aromatic rings. The Kier molecular flexibility index (Phi) is 5.01. The monoisotopic (exact) mass is 117 g/mol. The lowest BCUT2D eigenvalue weighted by Crippen LogP contribution is -2.05. The standard InChI is InChI=1S/C6H13O2/c1-2-3-6(8)4-5-7/h6-7H,2-5H2,1H3. The third kappa shape index (κ3) is 4.09. The first-order chi connectivity index (χ1) is 3.81. The Hall–Kier alpha value is -0.0800. The largest absolute Gasteiger partial charge is 0.396 e. The molecule has 0 saturated heterocycles.